The van der Waals surface area contributed by atoms with Crippen molar-refractivity contribution in [2.24, 2.45) is 11.7 Å². The predicted molar refractivity (Wildman–Crippen MR) is 90.7 cm³/mol. The van der Waals surface area contributed by atoms with E-state index in [2.05, 4.69) is 18.0 Å². The Balaban J connectivity index is 1.75. The molecule has 3 unspecified atom stereocenters. The lowest BCUT2D eigenvalue weighted by Crippen LogP contribution is -2.39. The number of carbonyl (C=O) groups excluding carboxylic acids is 1. The number of hydrogen-bond donors (Lipinski definition) is 1. The van der Waals surface area contributed by atoms with Crippen LogP contribution in [0.4, 0.5) is 0 Å². The van der Waals surface area contributed by atoms with Crippen LogP contribution in [0.25, 0.3) is 10.2 Å². The van der Waals surface area contributed by atoms with Crippen LogP contribution in [-0.2, 0) is 4.79 Å². The third-order valence-corrected chi connectivity index (χ3v) is 5.87. The molecule has 2 N–H and O–H groups in total. The molecule has 3 rings (SSSR count). The van der Waals surface area contributed by atoms with E-state index in [4.69, 9.17) is 5.73 Å². The largest absolute Gasteiger partial charge is 0.336 e. The molecular weight excluding hydrogens is 294 g/mol. The van der Waals surface area contributed by atoms with Gasteiger partial charge in [-0.15, -0.1) is 11.3 Å². The molecule has 1 aliphatic carbocycles. The summed E-state index contributed by atoms with van der Waals surface area (Å²) in [5, 5.41) is 0.997. The van der Waals surface area contributed by atoms with E-state index < -0.39 is 0 Å². The molecule has 1 aliphatic rings. The smallest absolute Gasteiger partial charge is 0.226 e. The van der Waals surface area contributed by atoms with Gasteiger partial charge in [0, 0.05) is 19.0 Å². The van der Waals surface area contributed by atoms with Gasteiger partial charge in [-0.25, -0.2) is 4.98 Å². The van der Waals surface area contributed by atoms with Gasteiger partial charge in [0.1, 0.15) is 5.01 Å². The molecular formula is C17H23N3OS. The molecule has 1 saturated carbocycles. The van der Waals surface area contributed by atoms with Crippen LogP contribution in [-0.4, -0.2) is 28.9 Å². The molecule has 0 spiro atoms. The summed E-state index contributed by atoms with van der Waals surface area (Å²) >= 11 is 1.67. The van der Waals surface area contributed by atoms with E-state index >= 15 is 0 Å². The third-order valence-electron chi connectivity index (χ3n) is 4.66. The van der Waals surface area contributed by atoms with Crippen molar-refractivity contribution in [3.63, 3.8) is 0 Å². The summed E-state index contributed by atoms with van der Waals surface area (Å²) in [7, 11) is 1.89. The first-order chi connectivity index (χ1) is 10.6. The minimum Gasteiger partial charge on any atom is -0.336 e. The van der Waals surface area contributed by atoms with Gasteiger partial charge in [0.2, 0.25) is 5.91 Å². The highest BCUT2D eigenvalue weighted by Gasteiger charge is 2.30. The molecule has 3 atom stereocenters. The highest BCUT2D eigenvalue weighted by Crippen LogP contribution is 2.31. The predicted octanol–water partition coefficient (Wildman–Crippen LogP) is 3.33. The van der Waals surface area contributed by atoms with Crippen LogP contribution in [0.3, 0.4) is 0 Å². The summed E-state index contributed by atoms with van der Waals surface area (Å²) in [6, 6.07) is 8.29. The average molecular weight is 317 g/mol. The zero-order valence-corrected chi connectivity index (χ0v) is 14.0. The van der Waals surface area contributed by atoms with Crippen LogP contribution in [0.15, 0.2) is 24.3 Å². The highest BCUT2D eigenvalue weighted by molar-refractivity contribution is 7.18. The van der Waals surface area contributed by atoms with E-state index in [1.165, 1.54) is 4.70 Å². The van der Waals surface area contributed by atoms with E-state index in [0.717, 1.165) is 36.2 Å². The van der Waals surface area contributed by atoms with E-state index in [0.29, 0.717) is 0 Å². The Hall–Kier alpha value is -1.46. The molecule has 0 saturated heterocycles. The Bertz CT molecular complexity index is 636. The molecule has 1 aromatic heterocycles. The zero-order valence-electron chi connectivity index (χ0n) is 13.2. The van der Waals surface area contributed by atoms with Crippen molar-refractivity contribution in [1.82, 2.24) is 9.88 Å². The number of nitrogens with two attached hydrogens (primary N) is 1. The van der Waals surface area contributed by atoms with Crippen LogP contribution < -0.4 is 5.73 Å². The van der Waals surface area contributed by atoms with Crippen LogP contribution in [0.2, 0.25) is 0 Å². The molecule has 22 heavy (non-hydrogen) atoms. The first-order valence-electron chi connectivity index (χ1n) is 7.94. The van der Waals surface area contributed by atoms with Gasteiger partial charge >= 0.3 is 0 Å². The second-order valence-electron chi connectivity index (χ2n) is 6.27. The van der Waals surface area contributed by atoms with Crippen molar-refractivity contribution in [1.29, 1.82) is 0 Å². The fraction of sp³-hybridized carbons (Fsp3) is 0.529. The van der Waals surface area contributed by atoms with E-state index in [-0.39, 0.29) is 23.9 Å². The number of nitrogens with zero attached hydrogens (tertiary/aromatic N) is 2. The van der Waals surface area contributed by atoms with E-state index in [1.807, 2.05) is 30.1 Å². The van der Waals surface area contributed by atoms with E-state index in [9.17, 15) is 4.79 Å². The molecule has 118 valence electrons. The Morgan fingerprint density at radius 2 is 2.18 bits per heavy atom. The number of para-hydroxylation sites is 1. The van der Waals surface area contributed by atoms with Crippen LogP contribution in [0.1, 0.15) is 43.7 Å². The Morgan fingerprint density at radius 3 is 2.91 bits per heavy atom. The average Bonchev–Trinajstić information content (AvgIpc) is 2.96. The van der Waals surface area contributed by atoms with Crippen molar-refractivity contribution in [2.45, 2.75) is 44.7 Å². The van der Waals surface area contributed by atoms with Crippen molar-refractivity contribution in [2.75, 3.05) is 7.05 Å². The van der Waals surface area contributed by atoms with Gasteiger partial charge in [0.15, 0.2) is 0 Å². The Labute approximate surface area is 135 Å². The fourth-order valence-electron chi connectivity index (χ4n) is 3.17. The van der Waals surface area contributed by atoms with Gasteiger partial charge in [0.05, 0.1) is 16.3 Å². The molecule has 5 heteroatoms. The number of aromatic nitrogens is 1. The number of rotatable bonds is 3. The highest BCUT2D eigenvalue weighted by atomic mass is 32.1. The maximum Gasteiger partial charge on any atom is 0.226 e. The minimum absolute atomic E-state index is 0.00283. The Morgan fingerprint density at radius 1 is 1.41 bits per heavy atom. The molecule has 1 aromatic carbocycles. The quantitative estimate of drug-likeness (QED) is 0.944. The van der Waals surface area contributed by atoms with Crippen LogP contribution in [0.5, 0.6) is 0 Å². The summed E-state index contributed by atoms with van der Waals surface area (Å²) < 4.78 is 1.17. The first kappa shape index (κ1) is 15.4. The van der Waals surface area contributed by atoms with Gasteiger partial charge in [-0.1, -0.05) is 18.6 Å². The molecule has 1 heterocycles. The van der Waals surface area contributed by atoms with Gasteiger partial charge in [-0.3, -0.25) is 4.79 Å². The number of fused-ring (bicyclic) bond motifs is 1. The molecule has 0 bridgehead atoms. The Kier molecular flexibility index (Phi) is 4.45. The topological polar surface area (TPSA) is 59.2 Å². The van der Waals surface area contributed by atoms with Crippen LogP contribution in [0, 0.1) is 5.92 Å². The lowest BCUT2D eigenvalue weighted by molar-refractivity contribution is -0.137. The summed E-state index contributed by atoms with van der Waals surface area (Å²) in [5.41, 5.74) is 7.03. The summed E-state index contributed by atoms with van der Waals surface area (Å²) in [6.45, 7) is 2.05. The number of benzene rings is 1. The minimum atomic E-state index is 0.00283. The summed E-state index contributed by atoms with van der Waals surface area (Å²) in [6.07, 6.45) is 3.88. The molecule has 0 radical (unpaired) electrons. The van der Waals surface area contributed by atoms with Gasteiger partial charge in [-0.2, -0.15) is 0 Å². The van der Waals surface area contributed by atoms with Crippen molar-refractivity contribution in [3.05, 3.63) is 29.3 Å². The van der Waals surface area contributed by atoms with Crippen LogP contribution >= 0.6 is 11.3 Å². The normalized spacial score (nSPS) is 23.4. The number of carbonyl (C=O) groups is 1. The molecule has 1 amide bonds. The molecule has 1 fully saturated rings. The molecule has 2 aromatic rings. The lowest BCUT2D eigenvalue weighted by Gasteiger charge is -2.31. The maximum absolute atomic E-state index is 12.7. The van der Waals surface area contributed by atoms with Crippen molar-refractivity contribution < 1.29 is 4.79 Å². The molecule has 4 nitrogen and oxygen atoms in total. The lowest BCUT2D eigenvalue weighted by atomic mass is 9.85. The standard InChI is InChI=1S/C17H23N3OS/c1-11(16-19-14-8-3-4-9-15(14)22-16)20(2)17(21)12-6-5-7-13(18)10-12/h3-4,8-9,11-13H,5-7,10,18H2,1-2H3. The number of hydrogen-bond acceptors (Lipinski definition) is 4. The van der Waals surface area contributed by atoms with Gasteiger partial charge < -0.3 is 10.6 Å². The summed E-state index contributed by atoms with van der Waals surface area (Å²) in [4.78, 5) is 19.2. The van der Waals surface area contributed by atoms with Crippen molar-refractivity contribution in [3.8, 4) is 0 Å². The van der Waals surface area contributed by atoms with Crippen molar-refractivity contribution >= 4 is 27.5 Å². The maximum atomic E-state index is 12.7. The second kappa shape index (κ2) is 6.34. The molecule has 0 aliphatic heterocycles. The second-order valence-corrected chi connectivity index (χ2v) is 7.33. The zero-order chi connectivity index (χ0) is 15.7. The van der Waals surface area contributed by atoms with Gasteiger partial charge in [0.25, 0.3) is 0 Å². The van der Waals surface area contributed by atoms with Gasteiger partial charge in [-0.05, 0) is 38.3 Å². The first-order valence-corrected chi connectivity index (χ1v) is 8.75. The monoisotopic (exact) mass is 317 g/mol. The third kappa shape index (κ3) is 3.01. The number of amides is 1. The van der Waals surface area contributed by atoms with E-state index in [1.54, 1.807) is 11.3 Å². The SMILES string of the molecule is CC(c1nc2ccccc2s1)N(C)C(=O)C1CCCC(N)C1. The fourth-order valence-corrected chi connectivity index (χ4v) is 4.23. The summed E-state index contributed by atoms with van der Waals surface area (Å²) in [5.74, 6) is 0.285. The number of thiazole rings is 1.